The second kappa shape index (κ2) is 6.60. The topological polar surface area (TPSA) is 73.6 Å². The number of anilines is 2. The van der Waals surface area contributed by atoms with Crippen molar-refractivity contribution in [1.29, 1.82) is 0 Å². The van der Waals surface area contributed by atoms with Gasteiger partial charge in [0.1, 0.15) is 5.82 Å². The van der Waals surface area contributed by atoms with Crippen molar-refractivity contribution in [2.24, 2.45) is 0 Å². The summed E-state index contributed by atoms with van der Waals surface area (Å²) in [6.45, 7) is -0.211. The summed E-state index contributed by atoms with van der Waals surface area (Å²) in [6, 6.07) is 10.7. The van der Waals surface area contributed by atoms with E-state index in [9.17, 15) is 9.18 Å². The summed E-state index contributed by atoms with van der Waals surface area (Å²) in [7, 11) is 1.52. The Labute approximate surface area is 121 Å². The van der Waals surface area contributed by atoms with Gasteiger partial charge in [-0.3, -0.25) is 4.79 Å². The van der Waals surface area contributed by atoms with Crippen LogP contribution in [-0.4, -0.2) is 19.6 Å². The Morgan fingerprint density at radius 1 is 1.24 bits per heavy atom. The summed E-state index contributed by atoms with van der Waals surface area (Å²) in [6.07, 6.45) is 0. The smallest absolute Gasteiger partial charge is 0.262 e. The normalized spacial score (nSPS) is 10.0. The van der Waals surface area contributed by atoms with Crippen LogP contribution in [0, 0.1) is 5.82 Å². The minimum absolute atomic E-state index is 0.153. The summed E-state index contributed by atoms with van der Waals surface area (Å²) >= 11 is 0. The molecule has 2 aromatic carbocycles. The van der Waals surface area contributed by atoms with Crippen molar-refractivity contribution in [2.45, 2.75) is 0 Å². The second-order valence-corrected chi connectivity index (χ2v) is 4.22. The maximum atomic E-state index is 12.9. The van der Waals surface area contributed by atoms with Crippen molar-refractivity contribution in [1.82, 2.24) is 0 Å². The number of halogens is 1. The Balaban J connectivity index is 1.96. The number of nitrogens with one attached hydrogen (secondary N) is 1. The number of methoxy groups -OCH3 is 1. The molecule has 0 heterocycles. The lowest BCUT2D eigenvalue weighted by Crippen LogP contribution is -2.21. The number of amides is 1. The summed E-state index contributed by atoms with van der Waals surface area (Å²) in [4.78, 5) is 11.8. The molecule has 6 heteroatoms. The van der Waals surface area contributed by atoms with Crippen LogP contribution >= 0.6 is 0 Å². The Bertz CT molecular complexity index is 647. The van der Waals surface area contributed by atoms with Gasteiger partial charge in [0.25, 0.3) is 5.91 Å². The quantitative estimate of drug-likeness (QED) is 0.829. The van der Waals surface area contributed by atoms with E-state index in [0.717, 1.165) is 6.07 Å². The van der Waals surface area contributed by atoms with E-state index in [1.807, 2.05) is 0 Å². The van der Waals surface area contributed by atoms with E-state index in [4.69, 9.17) is 15.2 Å². The SMILES string of the molecule is COc1ccccc1OCC(=O)Nc1ccc(F)cc1N. The molecule has 110 valence electrons. The van der Waals surface area contributed by atoms with E-state index in [-0.39, 0.29) is 12.3 Å². The highest BCUT2D eigenvalue weighted by Crippen LogP contribution is 2.25. The highest BCUT2D eigenvalue weighted by atomic mass is 19.1. The van der Waals surface area contributed by atoms with Crippen LogP contribution < -0.4 is 20.5 Å². The van der Waals surface area contributed by atoms with Gasteiger partial charge in [0.05, 0.1) is 18.5 Å². The van der Waals surface area contributed by atoms with E-state index >= 15 is 0 Å². The number of hydrogen-bond acceptors (Lipinski definition) is 4. The van der Waals surface area contributed by atoms with Crippen LogP contribution in [0.1, 0.15) is 0 Å². The number of nitrogen functional groups attached to an aromatic ring is 1. The second-order valence-electron chi connectivity index (χ2n) is 4.22. The fourth-order valence-electron chi connectivity index (χ4n) is 1.72. The summed E-state index contributed by atoms with van der Waals surface area (Å²) in [5.74, 6) is 0.129. The Morgan fingerprint density at radius 3 is 2.62 bits per heavy atom. The number of carbonyl (C=O) groups is 1. The summed E-state index contributed by atoms with van der Waals surface area (Å²) in [5.41, 5.74) is 6.10. The van der Waals surface area contributed by atoms with Crippen molar-refractivity contribution >= 4 is 17.3 Å². The third-order valence-corrected chi connectivity index (χ3v) is 2.72. The van der Waals surface area contributed by atoms with Gasteiger partial charge in [-0.05, 0) is 30.3 Å². The Morgan fingerprint density at radius 2 is 1.95 bits per heavy atom. The van der Waals surface area contributed by atoms with Gasteiger partial charge in [-0.2, -0.15) is 0 Å². The van der Waals surface area contributed by atoms with Crippen LogP contribution in [0.4, 0.5) is 15.8 Å². The molecule has 0 aliphatic heterocycles. The highest BCUT2D eigenvalue weighted by Gasteiger charge is 2.09. The molecule has 0 aromatic heterocycles. The first-order valence-electron chi connectivity index (χ1n) is 6.21. The predicted molar refractivity (Wildman–Crippen MR) is 77.9 cm³/mol. The third-order valence-electron chi connectivity index (χ3n) is 2.72. The van der Waals surface area contributed by atoms with Crippen molar-refractivity contribution in [3.05, 3.63) is 48.3 Å². The standard InChI is InChI=1S/C15H15FN2O3/c1-20-13-4-2-3-5-14(13)21-9-15(19)18-12-7-6-10(16)8-11(12)17/h2-8H,9,17H2,1H3,(H,18,19). The summed E-state index contributed by atoms with van der Waals surface area (Å²) in [5, 5.41) is 2.55. The first-order chi connectivity index (χ1) is 10.1. The predicted octanol–water partition coefficient (Wildman–Crippen LogP) is 2.43. The zero-order chi connectivity index (χ0) is 15.2. The van der Waals surface area contributed by atoms with Crippen molar-refractivity contribution < 1.29 is 18.7 Å². The molecule has 0 radical (unpaired) electrons. The maximum absolute atomic E-state index is 12.9. The van der Waals surface area contributed by atoms with Crippen molar-refractivity contribution in [3.8, 4) is 11.5 Å². The number of benzene rings is 2. The fraction of sp³-hybridized carbons (Fsp3) is 0.133. The minimum Gasteiger partial charge on any atom is -0.493 e. The number of rotatable bonds is 5. The fourth-order valence-corrected chi connectivity index (χ4v) is 1.72. The molecule has 0 bridgehead atoms. The molecule has 0 saturated heterocycles. The molecular formula is C15H15FN2O3. The molecule has 5 nitrogen and oxygen atoms in total. The Hall–Kier alpha value is -2.76. The van der Waals surface area contributed by atoms with E-state index < -0.39 is 11.7 Å². The lowest BCUT2D eigenvalue weighted by atomic mass is 10.2. The molecule has 0 saturated carbocycles. The number of para-hydroxylation sites is 2. The van der Waals surface area contributed by atoms with Gasteiger partial charge in [-0.25, -0.2) is 4.39 Å². The Kier molecular flexibility index (Phi) is 4.61. The monoisotopic (exact) mass is 290 g/mol. The van der Waals surface area contributed by atoms with Crippen LogP contribution in [0.25, 0.3) is 0 Å². The number of carbonyl (C=O) groups excluding carboxylic acids is 1. The van der Waals surface area contributed by atoms with Gasteiger partial charge in [0, 0.05) is 0 Å². The van der Waals surface area contributed by atoms with Gasteiger partial charge in [0.15, 0.2) is 18.1 Å². The van der Waals surface area contributed by atoms with Crippen LogP contribution in [-0.2, 0) is 4.79 Å². The van der Waals surface area contributed by atoms with Gasteiger partial charge < -0.3 is 20.5 Å². The molecule has 2 aromatic rings. The molecule has 0 fully saturated rings. The molecular weight excluding hydrogens is 275 g/mol. The van der Waals surface area contributed by atoms with Gasteiger partial charge >= 0.3 is 0 Å². The molecule has 3 N–H and O–H groups in total. The van der Waals surface area contributed by atoms with Gasteiger partial charge in [-0.1, -0.05) is 12.1 Å². The maximum Gasteiger partial charge on any atom is 0.262 e. The van der Waals surface area contributed by atoms with Gasteiger partial charge in [-0.15, -0.1) is 0 Å². The van der Waals surface area contributed by atoms with Crippen molar-refractivity contribution in [2.75, 3.05) is 24.8 Å². The third kappa shape index (κ3) is 3.85. The van der Waals surface area contributed by atoms with Crippen molar-refractivity contribution in [3.63, 3.8) is 0 Å². The molecule has 0 atom stereocenters. The first-order valence-corrected chi connectivity index (χ1v) is 6.21. The molecule has 0 unspecified atom stereocenters. The van der Waals surface area contributed by atoms with Crippen LogP contribution in [0.2, 0.25) is 0 Å². The molecule has 0 aliphatic rings. The summed E-state index contributed by atoms with van der Waals surface area (Å²) < 4.78 is 23.4. The van der Waals surface area contributed by atoms with E-state index in [1.54, 1.807) is 24.3 Å². The zero-order valence-corrected chi connectivity index (χ0v) is 11.4. The van der Waals surface area contributed by atoms with E-state index in [2.05, 4.69) is 5.32 Å². The first kappa shape index (κ1) is 14.6. The van der Waals surface area contributed by atoms with Crippen LogP contribution in [0.3, 0.4) is 0 Å². The lowest BCUT2D eigenvalue weighted by molar-refractivity contribution is -0.118. The largest absolute Gasteiger partial charge is 0.493 e. The zero-order valence-electron chi connectivity index (χ0n) is 11.4. The minimum atomic E-state index is -0.462. The number of hydrogen-bond donors (Lipinski definition) is 2. The van der Waals surface area contributed by atoms with E-state index in [1.165, 1.54) is 19.2 Å². The lowest BCUT2D eigenvalue weighted by Gasteiger charge is -2.11. The molecule has 2 rings (SSSR count). The number of nitrogens with two attached hydrogens (primary N) is 1. The van der Waals surface area contributed by atoms with Crippen LogP contribution in [0.5, 0.6) is 11.5 Å². The average Bonchev–Trinajstić information content (AvgIpc) is 2.48. The van der Waals surface area contributed by atoms with Crippen LogP contribution in [0.15, 0.2) is 42.5 Å². The number of ether oxygens (including phenoxy) is 2. The molecule has 21 heavy (non-hydrogen) atoms. The van der Waals surface area contributed by atoms with Gasteiger partial charge in [0.2, 0.25) is 0 Å². The highest BCUT2D eigenvalue weighted by molar-refractivity contribution is 5.94. The molecule has 1 amide bonds. The average molecular weight is 290 g/mol. The van der Waals surface area contributed by atoms with E-state index in [0.29, 0.717) is 17.2 Å². The molecule has 0 aliphatic carbocycles. The molecule has 0 spiro atoms.